The number of aliphatic hydroxyl groups is 1. The van der Waals surface area contributed by atoms with Gasteiger partial charge < -0.3 is 24.3 Å². The Labute approximate surface area is 223 Å². The van der Waals surface area contributed by atoms with E-state index in [9.17, 15) is 5.11 Å². The number of hydrogen-bond acceptors (Lipinski definition) is 6. The predicted octanol–water partition coefficient (Wildman–Crippen LogP) is 6.20. The highest BCUT2D eigenvalue weighted by Gasteiger charge is 2.29. The lowest BCUT2D eigenvalue weighted by Gasteiger charge is -2.30. The van der Waals surface area contributed by atoms with Crippen molar-refractivity contribution in [3.63, 3.8) is 0 Å². The van der Waals surface area contributed by atoms with Crippen LogP contribution in [0.3, 0.4) is 0 Å². The summed E-state index contributed by atoms with van der Waals surface area (Å²) in [4.78, 5) is 11.5. The minimum absolute atomic E-state index is 0.0762. The highest BCUT2D eigenvalue weighted by molar-refractivity contribution is 5.99. The molecule has 1 unspecified atom stereocenters. The molecule has 3 heterocycles. The van der Waals surface area contributed by atoms with E-state index in [1.807, 2.05) is 20.8 Å². The summed E-state index contributed by atoms with van der Waals surface area (Å²) in [5.74, 6) is -2.23. The Morgan fingerprint density at radius 1 is 1.10 bits per heavy atom. The average Bonchev–Trinajstić information content (AvgIpc) is 3.32. The Morgan fingerprint density at radius 3 is 2.54 bits per heavy atom. The topological polar surface area (TPSA) is 89.0 Å². The molecule has 0 amide bonds. The average molecular weight is 540 g/mol. The van der Waals surface area contributed by atoms with Crippen LogP contribution in [0.2, 0.25) is 0 Å². The first-order valence-corrected chi connectivity index (χ1v) is 12.5. The van der Waals surface area contributed by atoms with Crippen LogP contribution in [0.15, 0.2) is 53.8 Å². The van der Waals surface area contributed by atoms with Crippen molar-refractivity contribution < 1.29 is 32.5 Å². The fourth-order valence-corrected chi connectivity index (χ4v) is 4.35. The molecule has 2 N–H and O–H groups in total. The standard InChI is InChI=1S/C29H28F3N3O4/c1-16(2)38-22-6-4-5-19(30)25(22)18-12-34-28-26(18)23(7-8-33-28)39-27-20(31)9-17(10-21(27)32)11-24-35-13-29(3,14-36)15-37-24/h4-10,12,16,36H,11,13-15H2,1-3H3,(H,33,34). The summed E-state index contributed by atoms with van der Waals surface area (Å²) in [5.41, 5.74) is 0.738. The smallest absolute Gasteiger partial charge is 0.198 e. The summed E-state index contributed by atoms with van der Waals surface area (Å²) in [6.45, 7) is 6.04. The lowest BCUT2D eigenvalue weighted by Crippen LogP contribution is -2.36. The van der Waals surface area contributed by atoms with Crippen molar-refractivity contribution in [2.75, 3.05) is 19.8 Å². The van der Waals surface area contributed by atoms with Crippen LogP contribution in [-0.2, 0) is 11.2 Å². The highest BCUT2D eigenvalue weighted by atomic mass is 19.1. The number of aliphatic imine (C=N–C) groups is 1. The maximum absolute atomic E-state index is 15.2. The number of ether oxygens (including phenoxy) is 3. The molecule has 0 bridgehead atoms. The molecule has 1 atom stereocenters. The van der Waals surface area contributed by atoms with Gasteiger partial charge in [0.05, 0.1) is 36.8 Å². The maximum atomic E-state index is 15.2. The van der Waals surface area contributed by atoms with E-state index >= 15 is 13.2 Å². The molecule has 2 aromatic heterocycles. The van der Waals surface area contributed by atoms with Gasteiger partial charge in [-0.1, -0.05) is 13.0 Å². The summed E-state index contributed by atoms with van der Waals surface area (Å²) < 4.78 is 62.6. The first kappa shape index (κ1) is 26.6. The molecule has 204 valence electrons. The minimum Gasteiger partial charge on any atom is -0.490 e. The van der Waals surface area contributed by atoms with Crippen molar-refractivity contribution in [1.29, 1.82) is 0 Å². The van der Waals surface area contributed by atoms with Crippen LogP contribution in [-0.4, -0.2) is 46.8 Å². The molecule has 0 saturated heterocycles. The van der Waals surface area contributed by atoms with E-state index in [0.29, 0.717) is 40.4 Å². The number of hydrogen-bond donors (Lipinski definition) is 2. The summed E-state index contributed by atoms with van der Waals surface area (Å²) in [6.07, 6.45) is 2.85. The largest absolute Gasteiger partial charge is 0.490 e. The van der Waals surface area contributed by atoms with Crippen molar-refractivity contribution in [2.24, 2.45) is 10.4 Å². The molecule has 0 saturated carbocycles. The number of aliphatic hydroxyl groups excluding tert-OH is 1. The van der Waals surface area contributed by atoms with Crippen LogP contribution in [0.5, 0.6) is 17.2 Å². The second-order valence-corrected chi connectivity index (χ2v) is 10.1. The number of nitrogens with one attached hydrogen (secondary N) is 1. The van der Waals surface area contributed by atoms with E-state index < -0.39 is 28.6 Å². The molecule has 0 radical (unpaired) electrons. The molecule has 2 aromatic carbocycles. The number of nitrogens with zero attached hydrogens (tertiary/aromatic N) is 2. The second-order valence-electron chi connectivity index (χ2n) is 10.1. The number of fused-ring (bicyclic) bond motifs is 1. The van der Waals surface area contributed by atoms with E-state index in [-0.39, 0.29) is 37.1 Å². The molecule has 5 rings (SSSR count). The first-order valence-electron chi connectivity index (χ1n) is 12.5. The third-order valence-corrected chi connectivity index (χ3v) is 6.37. The zero-order chi connectivity index (χ0) is 27.7. The highest BCUT2D eigenvalue weighted by Crippen LogP contribution is 2.42. The van der Waals surface area contributed by atoms with Crippen molar-refractivity contribution in [1.82, 2.24) is 9.97 Å². The number of aromatic amines is 1. The molecular weight excluding hydrogens is 511 g/mol. The summed E-state index contributed by atoms with van der Waals surface area (Å²) in [5, 5.41) is 9.80. The Morgan fingerprint density at radius 2 is 1.87 bits per heavy atom. The third-order valence-electron chi connectivity index (χ3n) is 6.37. The van der Waals surface area contributed by atoms with E-state index in [1.165, 1.54) is 18.3 Å². The monoisotopic (exact) mass is 539 g/mol. The van der Waals surface area contributed by atoms with Crippen LogP contribution in [0.25, 0.3) is 22.2 Å². The first-order chi connectivity index (χ1) is 18.7. The Hall–Kier alpha value is -4.05. The van der Waals surface area contributed by atoms with Crippen molar-refractivity contribution in [2.45, 2.75) is 33.3 Å². The molecule has 10 heteroatoms. The van der Waals surface area contributed by atoms with Gasteiger partial charge in [-0.15, -0.1) is 0 Å². The SMILES string of the molecule is CC(C)Oc1cccc(F)c1-c1c[nH]c2nccc(Oc3c(F)cc(CC4=NCC(C)(CO)CO4)cc3F)c12. The van der Waals surface area contributed by atoms with Gasteiger partial charge in [0, 0.05) is 29.8 Å². The number of aromatic nitrogens is 2. The summed E-state index contributed by atoms with van der Waals surface area (Å²) in [7, 11) is 0. The molecule has 0 spiro atoms. The van der Waals surface area contributed by atoms with Crippen LogP contribution in [0.4, 0.5) is 13.2 Å². The Bertz CT molecular complexity index is 1530. The molecule has 39 heavy (non-hydrogen) atoms. The van der Waals surface area contributed by atoms with Crippen molar-refractivity contribution >= 4 is 16.9 Å². The fourth-order valence-electron chi connectivity index (χ4n) is 4.35. The van der Waals surface area contributed by atoms with Crippen molar-refractivity contribution in [3.05, 3.63) is 71.8 Å². The Kier molecular flexibility index (Phi) is 7.22. The molecule has 4 aromatic rings. The maximum Gasteiger partial charge on any atom is 0.198 e. The predicted molar refractivity (Wildman–Crippen MR) is 141 cm³/mol. The summed E-state index contributed by atoms with van der Waals surface area (Å²) >= 11 is 0. The number of benzene rings is 2. The zero-order valence-electron chi connectivity index (χ0n) is 21.7. The normalized spacial score (nSPS) is 17.3. The summed E-state index contributed by atoms with van der Waals surface area (Å²) in [6, 6.07) is 8.28. The van der Waals surface area contributed by atoms with Gasteiger partial charge in [0.1, 0.15) is 23.0 Å². The van der Waals surface area contributed by atoms with Crippen LogP contribution in [0, 0.1) is 22.9 Å². The van der Waals surface area contributed by atoms with E-state index in [1.54, 1.807) is 18.3 Å². The lowest BCUT2D eigenvalue weighted by molar-refractivity contribution is 0.0691. The van der Waals surface area contributed by atoms with Crippen LogP contribution in [0.1, 0.15) is 26.3 Å². The number of rotatable bonds is 8. The van der Waals surface area contributed by atoms with Crippen LogP contribution < -0.4 is 9.47 Å². The van der Waals surface area contributed by atoms with Gasteiger partial charge in [0.25, 0.3) is 0 Å². The fraction of sp³-hybridized carbons (Fsp3) is 0.310. The minimum atomic E-state index is -0.918. The second kappa shape index (κ2) is 10.6. The molecular formula is C29H28F3N3O4. The van der Waals surface area contributed by atoms with Gasteiger partial charge in [-0.05, 0) is 49.7 Å². The molecule has 1 aliphatic heterocycles. The number of halogens is 3. The van der Waals surface area contributed by atoms with Gasteiger partial charge in [-0.25, -0.2) is 18.2 Å². The van der Waals surface area contributed by atoms with E-state index in [4.69, 9.17) is 14.2 Å². The molecule has 7 nitrogen and oxygen atoms in total. The zero-order valence-corrected chi connectivity index (χ0v) is 21.7. The van der Waals surface area contributed by atoms with E-state index in [0.717, 1.165) is 12.1 Å². The van der Waals surface area contributed by atoms with Gasteiger partial charge >= 0.3 is 0 Å². The molecule has 0 aliphatic carbocycles. The molecule has 1 aliphatic rings. The van der Waals surface area contributed by atoms with E-state index in [2.05, 4.69) is 15.0 Å². The molecule has 0 fully saturated rings. The van der Waals surface area contributed by atoms with Gasteiger partial charge in [0.15, 0.2) is 23.3 Å². The lowest BCUT2D eigenvalue weighted by atomic mass is 9.92. The van der Waals surface area contributed by atoms with Crippen LogP contribution >= 0.6 is 0 Å². The van der Waals surface area contributed by atoms with Gasteiger partial charge in [-0.2, -0.15) is 0 Å². The third kappa shape index (κ3) is 5.42. The Balaban J connectivity index is 1.48. The van der Waals surface area contributed by atoms with Gasteiger partial charge in [-0.3, -0.25) is 4.99 Å². The van der Waals surface area contributed by atoms with Crippen molar-refractivity contribution in [3.8, 4) is 28.4 Å². The van der Waals surface area contributed by atoms with Gasteiger partial charge in [0.2, 0.25) is 0 Å². The quantitative estimate of drug-likeness (QED) is 0.279. The number of H-pyrrole nitrogens is 1. The number of pyridine rings is 1.